The first-order valence-electron chi connectivity index (χ1n) is 9.79. The Morgan fingerprint density at radius 2 is 1.94 bits per heavy atom. The van der Waals surface area contributed by atoms with Crippen LogP contribution < -0.4 is 16.7 Å². The summed E-state index contributed by atoms with van der Waals surface area (Å²) in [6.45, 7) is 5.57. The third-order valence-corrected chi connectivity index (χ3v) is 5.76. The number of hydrogen-bond donors (Lipinski definition) is 1. The van der Waals surface area contributed by atoms with Crippen LogP contribution in [0.1, 0.15) is 50.1 Å². The first-order valence-corrected chi connectivity index (χ1v) is 10.6. The lowest BCUT2D eigenvalue weighted by Gasteiger charge is -2.18. The van der Waals surface area contributed by atoms with Crippen molar-refractivity contribution in [2.24, 2.45) is 5.10 Å². The summed E-state index contributed by atoms with van der Waals surface area (Å²) in [6, 6.07) is -0.264. The predicted molar refractivity (Wildman–Crippen MR) is 112 cm³/mol. The topological polar surface area (TPSA) is 104 Å². The van der Waals surface area contributed by atoms with Crippen LogP contribution in [0.4, 0.5) is 18.0 Å². The molecular weight excluding hydrogens is 453 g/mol. The fraction of sp³-hybridized carbons (Fsp3) is 0.579. The van der Waals surface area contributed by atoms with Crippen molar-refractivity contribution >= 4 is 33.9 Å². The Kier molecular flexibility index (Phi) is 6.52. The number of alkyl halides is 3. The van der Waals surface area contributed by atoms with E-state index in [-0.39, 0.29) is 22.8 Å². The molecule has 1 saturated carbocycles. The number of fused-ring (bicyclic) bond motifs is 1. The van der Waals surface area contributed by atoms with Crippen LogP contribution in [0.25, 0.3) is 10.2 Å². The zero-order valence-electron chi connectivity index (χ0n) is 17.9. The summed E-state index contributed by atoms with van der Waals surface area (Å²) in [7, 11) is 0. The summed E-state index contributed by atoms with van der Waals surface area (Å²) in [5.74, 6) is 0. The summed E-state index contributed by atoms with van der Waals surface area (Å²) in [5, 5.41) is 4.05. The van der Waals surface area contributed by atoms with Gasteiger partial charge in [0, 0.05) is 6.04 Å². The Hall–Kier alpha value is -2.67. The Morgan fingerprint density at radius 3 is 2.50 bits per heavy atom. The summed E-state index contributed by atoms with van der Waals surface area (Å²) >= 11 is 1.01. The van der Waals surface area contributed by atoms with Crippen molar-refractivity contribution in [2.45, 2.75) is 65.1 Å². The van der Waals surface area contributed by atoms with Gasteiger partial charge in [-0.25, -0.2) is 15.0 Å². The molecule has 3 rings (SSSR count). The Labute approximate surface area is 184 Å². The minimum atomic E-state index is -4.83. The van der Waals surface area contributed by atoms with E-state index in [1.807, 2.05) is 0 Å². The number of carbonyl (C=O) groups excluding carboxylic acids is 1. The number of nitrogens with zero attached hydrogens (tertiary/aromatic N) is 3. The van der Waals surface area contributed by atoms with E-state index in [2.05, 4.69) is 15.3 Å². The number of carbonyl (C=O) groups is 1. The maximum atomic E-state index is 13.0. The highest BCUT2D eigenvalue weighted by molar-refractivity contribution is 7.20. The molecule has 9 nitrogen and oxygen atoms in total. The van der Waals surface area contributed by atoms with E-state index in [1.54, 1.807) is 27.7 Å². The van der Waals surface area contributed by atoms with Crippen molar-refractivity contribution in [2.75, 3.05) is 6.61 Å². The van der Waals surface area contributed by atoms with E-state index in [0.29, 0.717) is 23.3 Å². The summed E-state index contributed by atoms with van der Waals surface area (Å²) < 4.78 is 48.3. The number of nitrogens with one attached hydrogen (secondary N) is 1. The van der Waals surface area contributed by atoms with Gasteiger partial charge in [0.2, 0.25) is 0 Å². The van der Waals surface area contributed by atoms with E-state index < -0.39 is 35.9 Å². The predicted octanol–water partition coefficient (Wildman–Crippen LogP) is 3.26. The first-order chi connectivity index (χ1) is 14.8. The van der Waals surface area contributed by atoms with Gasteiger partial charge in [-0.2, -0.15) is 5.10 Å². The van der Waals surface area contributed by atoms with Gasteiger partial charge in [-0.05, 0) is 46.1 Å². The second kappa shape index (κ2) is 8.70. The molecule has 1 aliphatic rings. The number of aryl methyl sites for hydroxylation is 1. The molecule has 0 aromatic carbocycles. The maximum Gasteiger partial charge on any atom is 0.522 e. The van der Waals surface area contributed by atoms with E-state index >= 15 is 0 Å². The monoisotopic (exact) mass is 476 g/mol. The molecule has 0 aliphatic heterocycles. The Balaban J connectivity index is 1.98. The smallest absolute Gasteiger partial charge is 0.443 e. The molecule has 2 aromatic heterocycles. The van der Waals surface area contributed by atoms with Gasteiger partial charge in [-0.3, -0.25) is 18.7 Å². The molecule has 0 unspecified atom stereocenters. The van der Waals surface area contributed by atoms with Crippen molar-refractivity contribution in [1.29, 1.82) is 0 Å². The molecule has 0 spiro atoms. The Bertz CT molecular complexity index is 1170. The number of aromatic nitrogens is 2. The van der Waals surface area contributed by atoms with Gasteiger partial charge in [-0.1, -0.05) is 0 Å². The molecule has 13 heteroatoms. The van der Waals surface area contributed by atoms with Crippen molar-refractivity contribution < 1.29 is 27.4 Å². The minimum absolute atomic E-state index is 0.221. The minimum Gasteiger partial charge on any atom is -0.443 e. The highest BCUT2D eigenvalue weighted by atomic mass is 32.1. The molecule has 1 fully saturated rings. The van der Waals surface area contributed by atoms with Crippen LogP contribution in [0.5, 0.6) is 0 Å². The molecular formula is C19H23F3N4O5S. The van der Waals surface area contributed by atoms with Gasteiger partial charge in [0.25, 0.3) is 5.56 Å². The number of hydrogen-bond acceptors (Lipinski definition) is 7. The van der Waals surface area contributed by atoms with Crippen LogP contribution in [0.15, 0.2) is 14.7 Å². The van der Waals surface area contributed by atoms with Crippen LogP contribution >= 0.6 is 11.3 Å². The summed E-state index contributed by atoms with van der Waals surface area (Å²) in [6.07, 6.45) is -3.01. The van der Waals surface area contributed by atoms with Crippen LogP contribution in [0, 0.1) is 6.92 Å². The van der Waals surface area contributed by atoms with Gasteiger partial charge in [0.05, 0.1) is 29.6 Å². The van der Waals surface area contributed by atoms with E-state index in [1.165, 1.54) is 6.21 Å². The summed E-state index contributed by atoms with van der Waals surface area (Å²) in [5.41, 5.74) is 0.835. The second-order valence-electron chi connectivity index (χ2n) is 8.28. The van der Waals surface area contributed by atoms with E-state index in [9.17, 15) is 27.6 Å². The molecule has 0 atom stereocenters. The van der Waals surface area contributed by atoms with Crippen LogP contribution in [-0.2, 0) is 16.0 Å². The zero-order valence-corrected chi connectivity index (χ0v) is 18.7. The molecule has 176 valence electrons. The molecule has 0 bridgehead atoms. The van der Waals surface area contributed by atoms with Gasteiger partial charge < -0.3 is 4.74 Å². The van der Waals surface area contributed by atoms with Gasteiger partial charge >= 0.3 is 18.1 Å². The highest BCUT2D eigenvalue weighted by Gasteiger charge is 2.32. The van der Waals surface area contributed by atoms with E-state index in [4.69, 9.17) is 4.74 Å². The fourth-order valence-corrected chi connectivity index (χ4v) is 4.24. The number of rotatable bonds is 6. The molecule has 1 N–H and O–H groups in total. The van der Waals surface area contributed by atoms with Gasteiger partial charge in [-0.15, -0.1) is 24.5 Å². The normalized spacial score (nSPS) is 15.0. The van der Waals surface area contributed by atoms with Crippen molar-refractivity contribution in [3.63, 3.8) is 0 Å². The largest absolute Gasteiger partial charge is 0.522 e. The molecule has 1 aliphatic carbocycles. The number of ether oxygens (including phenoxy) is 2. The van der Waals surface area contributed by atoms with Crippen molar-refractivity contribution in [1.82, 2.24) is 14.6 Å². The van der Waals surface area contributed by atoms with Gasteiger partial charge in [0.15, 0.2) is 0 Å². The van der Waals surface area contributed by atoms with Crippen LogP contribution in [-0.4, -0.2) is 40.0 Å². The number of thiophene rings is 1. The SMILES string of the molecule is Cc1c(C=NNC(=O)OC(C)(C)C)sc2c1c(=O)n(C1CC1)c(=O)n2CCOC(F)(F)F. The third kappa shape index (κ3) is 5.57. The average Bonchev–Trinajstić information content (AvgIpc) is 3.40. The molecule has 0 radical (unpaired) electrons. The highest BCUT2D eigenvalue weighted by Crippen LogP contribution is 2.34. The van der Waals surface area contributed by atoms with Gasteiger partial charge in [0.1, 0.15) is 10.4 Å². The number of hydrazone groups is 1. The van der Waals surface area contributed by atoms with Crippen molar-refractivity contribution in [3.05, 3.63) is 31.3 Å². The lowest BCUT2D eigenvalue weighted by Crippen LogP contribution is -2.40. The Morgan fingerprint density at radius 1 is 1.28 bits per heavy atom. The van der Waals surface area contributed by atoms with E-state index in [0.717, 1.165) is 20.5 Å². The van der Waals surface area contributed by atoms with Crippen molar-refractivity contribution in [3.8, 4) is 0 Å². The molecule has 2 heterocycles. The second-order valence-corrected chi connectivity index (χ2v) is 9.31. The fourth-order valence-electron chi connectivity index (χ4n) is 3.05. The van der Waals surface area contributed by atoms with Crippen LogP contribution in [0.2, 0.25) is 0 Å². The molecule has 32 heavy (non-hydrogen) atoms. The lowest BCUT2D eigenvalue weighted by molar-refractivity contribution is -0.325. The first kappa shape index (κ1) is 24.0. The number of halogens is 3. The summed E-state index contributed by atoms with van der Waals surface area (Å²) in [4.78, 5) is 38.3. The molecule has 0 saturated heterocycles. The number of amides is 1. The molecule has 1 amide bonds. The van der Waals surface area contributed by atoms with Crippen LogP contribution in [0.3, 0.4) is 0 Å². The quantitative estimate of drug-likeness (QED) is 0.509. The average molecular weight is 476 g/mol. The third-order valence-electron chi connectivity index (χ3n) is 4.51. The molecule has 2 aromatic rings. The lowest BCUT2D eigenvalue weighted by atomic mass is 10.2. The zero-order chi connectivity index (χ0) is 23.8. The standard InChI is InChI=1S/C19H23F3N4O5S/c1-10-12(9-23-24-16(28)31-18(2,3)4)32-15-13(10)14(27)26(11-5-6-11)17(29)25(15)7-8-30-19(20,21)22/h9,11H,5-8H2,1-4H3,(H,24,28). The maximum absolute atomic E-state index is 13.0.